The lowest BCUT2D eigenvalue weighted by atomic mass is 9.63. The second-order valence-corrected chi connectivity index (χ2v) is 11.3. The lowest BCUT2D eigenvalue weighted by Crippen LogP contribution is -2.33. The molecule has 1 aliphatic carbocycles. The van der Waals surface area contributed by atoms with Gasteiger partial charge in [0.25, 0.3) is 0 Å². The van der Waals surface area contributed by atoms with Crippen LogP contribution in [0, 0.1) is 0 Å². The van der Waals surface area contributed by atoms with Crippen LogP contribution in [0.1, 0.15) is 57.1 Å². The van der Waals surface area contributed by atoms with Crippen LogP contribution >= 0.6 is 0 Å². The highest BCUT2D eigenvalue weighted by Gasteiger charge is 2.36. The van der Waals surface area contributed by atoms with Gasteiger partial charge in [0.2, 0.25) is 0 Å². The van der Waals surface area contributed by atoms with Crippen molar-refractivity contribution in [2.75, 3.05) is 0 Å². The van der Waals surface area contributed by atoms with Gasteiger partial charge in [-0.2, -0.15) is 0 Å². The van der Waals surface area contributed by atoms with Crippen molar-refractivity contribution in [1.29, 1.82) is 0 Å². The first-order valence-electron chi connectivity index (χ1n) is 15.1. The fraction of sp³-hybridized carbons (Fsp3) is 0.229. The first kappa shape index (κ1) is 19.9. The highest BCUT2D eigenvalue weighted by molar-refractivity contribution is 5.71. The predicted molar refractivity (Wildman–Crippen MR) is 157 cm³/mol. The van der Waals surface area contributed by atoms with Gasteiger partial charge < -0.3 is 0 Å². The maximum atomic E-state index is 9.05. The van der Waals surface area contributed by atoms with Gasteiger partial charge in [0.15, 0.2) is 17.5 Å². The lowest BCUT2D eigenvalue weighted by molar-refractivity contribution is 0.332. The second-order valence-electron chi connectivity index (χ2n) is 11.3. The minimum atomic E-state index is -0.174. The van der Waals surface area contributed by atoms with Crippen molar-refractivity contribution >= 4 is 0 Å². The van der Waals surface area contributed by atoms with Gasteiger partial charge in [0, 0.05) is 16.7 Å². The van der Waals surface area contributed by atoms with Crippen LogP contribution in [0.3, 0.4) is 0 Å². The van der Waals surface area contributed by atoms with Gasteiger partial charge in [-0.15, -0.1) is 0 Å². The smallest absolute Gasteiger partial charge is 0.164 e. The SMILES string of the molecule is [2H]c1c([2H])c(-c2nc(-c3ccccc3)nc(-c3ccccc3)n2)c([2H])c([2H])c1-c1ccc2c(c1)C(C)(C)CCC2(C)C. The Labute approximate surface area is 231 Å². The van der Waals surface area contributed by atoms with E-state index in [1.807, 2.05) is 66.7 Å². The summed E-state index contributed by atoms with van der Waals surface area (Å²) in [6, 6.07) is 24.5. The molecule has 0 N–H and O–H groups in total. The van der Waals surface area contributed by atoms with Gasteiger partial charge in [-0.3, -0.25) is 0 Å². The van der Waals surface area contributed by atoms with E-state index in [0.717, 1.165) is 24.0 Å². The van der Waals surface area contributed by atoms with E-state index in [2.05, 4.69) is 49.8 Å². The van der Waals surface area contributed by atoms with Gasteiger partial charge in [-0.05, 0) is 45.9 Å². The monoisotopic (exact) mass is 499 g/mol. The van der Waals surface area contributed by atoms with E-state index in [1.165, 1.54) is 11.1 Å². The summed E-state index contributed by atoms with van der Waals surface area (Å²) in [6.07, 6.45) is 2.13. The van der Waals surface area contributed by atoms with E-state index in [-0.39, 0.29) is 52.0 Å². The molecule has 38 heavy (non-hydrogen) atoms. The van der Waals surface area contributed by atoms with Crippen LogP contribution in [-0.2, 0) is 10.8 Å². The molecule has 0 fully saturated rings. The van der Waals surface area contributed by atoms with E-state index < -0.39 is 0 Å². The van der Waals surface area contributed by atoms with Gasteiger partial charge in [0.1, 0.15) is 0 Å². The van der Waals surface area contributed by atoms with Gasteiger partial charge in [-0.25, -0.2) is 15.0 Å². The first-order valence-corrected chi connectivity index (χ1v) is 13.1. The molecule has 1 heterocycles. The third-order valence-corrected chi connectivity index (χ3v) is 7.69. The molecule has 0 amide bonds. The zero-order chi connectivity index (χ0) is 29.8. The molecule has 0 bridgehead atoms. The van der Waals surface area contributed by atoms with E-state index in [4.69, 9.17) is 10.5 Å². The van der Waals surface area contributed by atoms with Crippen molar-refractivity contribution in [2.45, 2.75) is 51.4 Å². The Morgan fingerprint density at radius 1 is 0.500 bits per heavy atom. The molecular weight excluding hydrogens is 462 g/mol. The van der Waals surface area contributed by atoms with Crippen molar-refractivity contribution in [1.82, 2.24) is 15.0 Å². The number of hydrogen-bond acceptors (Lipinski definition) is 3. The zero-order valence-corrected chi connectivity index (χ0v) is 22.3. The van der Waals surface area contributed by atoms with E-state index in [1.54, 1.807) is 0 Å². The fourth-order valence-electron chi connectivity index (χ4n) is 5.23. The molecule has 4 aromatic carbocycles. The summed E-state index contributed by atoms with van der Waals surface area (Å²) in [7, 11) is 0. The molecule has 0 saturated carbocycles. The Kier molecular flexibility index (Phi) is 4.89. The fourth-order valence-corrected chi connectivity index (χ4v) is 5.23. The average molecular weight is 500 g/mol. The van der Waals surface area contributed by atoms with E-state index in [0.29, 0.717) is 17.2 Å². The Hall–Kier alpha value is -4.11. The molecule has 0 aliphatic heterocycles. The lowest BCUT2D eigenvalue weighted by Gasteiger charge is -2.42. The van der Waals surface area contributed by atoms with E-state index >= 15 is 0 Å². The Morgan fingerprint density at radius 2 is 0.947 bits per heavy atom. The summed E-state index contributed by atoms with van der Waals surface area (Å²) in [5, 5.41) is 0. The van der Waals surface area contributed by atoms with Gasteiger partial charge >= 0.3 is 0 Å². The largest absolute Gasteiger partial charge is 0.208 e. The summed E-state index contributed by atoms with van der Waals surface area (Å²) in [5.74, 6) is 0.916. The minimum Gasteiger partial charge on any atom is -0.208 e. The van der Waals surface area contributed by atoms with Crippen molar-refractivity contribution in [3.63, 3.8) is 0 Å². The summed E-state index contributed by atoms with van der Waals surface area (Å²) in [6.45, 7) is 8.98. The van der Waals surface area contributed by atoms with Crippen LogP contribution in [0.15, 0.2) is 103 Å². The molecule has 1 aliphatic rings. The van der Waals surface area contributed by atoms with Crippen LogP contribution in [0.25, 0.3) is 45.3 Å². The molecule has 0 spiro atoms. The molecule has 6 rings (SSSR count). The second kappa shape index (κ2) is 9.33. The number of aromatic nitrogens is 3. The number of rotatable bonds is 4. The molecule has 3 nitrogen and oxygen atoms in total. The molecule has 188 valence electrons. The highest BCUT2D eigenvalue weighted by atomic mass is 15.0. The summed E-state index contributed by atoms with van der Waals surface area (Å²) in [5.41, 5.74) is 5.04. The third-order valence-electron chi connectivity index (χ3n) is 7.69. The zero-order valence-electron chi connectivity index (χ0n) is 26.3. The molecular formula is C35H33N3. The van der Waals surface area contributed by atoms with Gasteiger partial charge in [-0.1, -0.05) is 131 Å². The minimum absolute atomic E-state index is 0.0353. The van der Waals surface area contributed by atoms with Crippen molar-refractivity contribution in [3.8, 4) is 45.3 Å². The standard InChI is InChI=1S/C35H33N3/c1-34(2)21-22-35(3,4)30-23-28(19-20-29(30)34)24-15-17-27(18-16-24)33-37-31(25-11-7-5-8-12-25)36-32(38-33)26-13-9-6-10-14-26/h5-20,23H,21-22H2,1-4H3/i15D,16D,17D,18D. The molecule has 1 aromatic heterocycles. The quantitative estimate of drug-likeness (QED) is 0.248. The van der Waals surface area contributed by atoms with E-state index in [9.17, 15) is 0 Å². The van der Waals surface area contributed by atoms with Crippen LogP contribution in [-0.4, -0.2) is 15.0 Å². The van der Waals surface area contributed by atoms with Crippen LogP contribution in [0.5, 0.6) is 0 Å². The normalized spacial score (nSPS) is 17.1. The number of fused-ring (bicyclic) bond motifs is 1. The molecule has 3 heteroatoms. The summed E-state index contributed by atoms with van der Waals surface area (Å²) >= 11 is 0. The predicted octanol–water partition coefficient (Wildman–Crippen LogP) is 8.89. The number of hydrogen-bond donors (Lipinski definition) is 0. The first-order chi connectivity index (χ1) is 20.0. The molecule has 5 aromatic rings. The Morgan fingerprint density at radius 3 is 1.47 bits per heavy atom. The number of benzene rings is 4. The van der Waals surface area contributed by atoms with Crippen molar-refractivity contribution < 1.29 is 5.48 Å². The van der Waals surface area contributed by atoms with Gasteiger partial charge in [0.05, 0.1) is 5.48 Å². The average Bonchev–Trinajstić information content (AvgIpc) is 2.99. The Bertz CT molecular complexity index is 1730. The maximum Gasteiger partial charge on any atom is 0.164 e. The van der Waals surface area contributed by atoms with Crippen molar-refractivity contribution in [2.24, 2.45) is 0 Å². The summed E-state index contributed by atoms with van der Waals surface area (Å²) < 4.78 is 36.2. The third kappa shape index (κ3) is 4.54. The topological polar surface area (TPSA) is 38.7 Å². The Balaban J connectivity index is 1.55. The number of nitrogens with zero attached hydrogens (tertiary/aromatic N) is 3. The maximum absolute atomic E-state index is 9.05. The molecule has 0 atom stereocenters. The summed E-state index contributed by atoms with van der Waals surface area (Å²) in [4.78, 5) is 14.0. The molecule has 0 saturated heterocycles. The molecule has 0 radical (unpaired) electrons. The highest BCUT2D eigenvalue weighted by Crippen LogP contribution is 2.46. The van der Waals surface area contributed by atoms with Crippen LogP contribution in [0.2, 0.25) is 0 Å². The van der Waals surface area contributed by atoms with Crippen LogP contribution < -0.4 is 0 Å². The van der Waals surface area contributed by atoms with Crippen LogP contribution in [0.4, 0.5) is 0 Å². The van der Waals surface area contributed by atoms with Crippen molar-refractivity contribution in [3.05, 3.63) is 114 Å². The molecule has 0 unspecified atom stereocenters.